The van der Waals surface area contributed by atoms with Crippen LogP contribution in [0.15, 0.2) is 23.0 Å². The molecular formula is C15H18N2O4. The molecule has 0 saturated heterocycles. The van der Waals surface area contributed by atoms with Crippen molar-refractivity contribution in [2.75, 3.05) is 13.2 Å². The normalized spacial score (nSPS) is 10.6. The lowest BCUT2D eigenvalue weighted by Gasteiger charge is -2.09. The van der Waals surface area contributed by atoms with E-state index in [0.717, 1.165) is 0 Å². The number of phenols is 1. The Morgan fingerprint density at radius 3 is 2.76 bits per heavy atom. The van der Waals surface area contributed by atoms with Crippen LogP contribution in [-0.4, -0.2) is 33.4 Å². The van der Waals surface area contributed by atoms with Gasteiger partial charge in [-0.05, 0) is 32.0 Å². The lowest BCUT2D eigenvalue weighted by atomic mass is 10.1. The van der Waals surface area contributed by atoms with Gasteiger partial charge in [0.1, 0.15) is 5.82 Å². The summed E-state index contributed by atoms with van der Waals surface area (Å²) >= 11 is 0. The third-order valence-electron chi connectivity index (χ3n) is 3.12. The first-order valence-electron chi connectivity index (χ1n) is 6.73. The number of hydrogen-bond donors (Lipinski definition) is 3. The van der Waals surface area contributed by atoms with E-state index in [1.165, 1.54) is 6.07 Å². The average molecular weight is 290 g/mol. The fourth-order valence-electron chi connectivity index (χ4n) is 2.09. The van der Waals surface area contributed by atoms with Gasteiger partial charge in [0, 0.05) is 29.8 Å². The second kappa shape index (κ2) is 6.41. The van der Waals surface area contributed by atoms with Gasteiger partial charge in [-0.1, -0.05) is 0 Å². The highest BCUT2D eigenvalue weighted by atomic mass is 16.5. The molecule has 1 heterocycles. The minimum atomic E-state index is -0.266. The largest absolute Gasteiger partial charge is 0.504 e. The van der Waals surface area contributed by atoms with Crippen LogP contribution in [0.1, 0.15) is 18.2 Å². The molecule has 112 valence electrons. The molecule has 3 N–H and O–H groups in total. The molecule has 0 fully saturated rings. The summed E-state index contributed by atoms with van der Waals surface area (Å²) in [6.45, 7) is 3.88. The van der Waals surface area contributed by atoms with Crippen LogP contribution in [0.5, 0.6) is 11.5 Å². The van der Waals surface area contributed by atoms with E-state index in [1.807, 2.05) is 6.92 Å². The maximum atomic E-state index is 12.0. The van der Waals surface area contributed by atoms with Crippen LogP contribution in [0.4, 0.5) is 0 Å². The van der Waals surface area contributed by atoms with Gasteiger partial charge in [-0.15, -0.1) is 0 Å². The van der Waals surface area contributed by atoms with Crippen molar-refractivity contribution in [2.24, 2.45) is 0 Å². The number of aliphatic hydroxyl groups is 1. The SMILES string of the molecule is CCOc1cc(-c2nc(C)c(CCO)c(=O)[nH]2)ccc1O. The molecule has 0 atom stereocenters. The first-order valence-corrected chi connectivity index (χ1v) is 6.73. The number of phenolic OH excluding ortho intramolecular Hbond substituents is 1. The minimum Gasteiger partial charge on any atom is -0.504 e. The van der Waals surface area contributed by atoms with Crippen molar-refractivity contribution in [2.45, 2.75) is 20.3 Å². The number of benzene rings is 1. The van der Waals surface area contributed by atoms with Crippen LogP contribution in [0.3, 0.4) is 0 Å². The molecule has 0 saturated carbocycles. The molecule has 0 aliphatic heterocycles. The van der Waals surface area contributed by atoms with Crippen LogP contribution in [0.25, 0.3) is 11.4 Å². The Balaban J connectivity index is 2.47. The Bertz CT molecular complexity index is 695. The van der Waals surface area contributed by atoms with Gasteiger partial charge >= 0.3 is 0 Å². The molecule has 2 rings (SSSR count). The zero-order valence-electron chi connectivity index (χ0n) is 12.0. The smallest absolute Gasteiger partial charge is 0.254 e. The van der Waals surface area contributed by atoms with E-state index in [0.29, 0.717) is 35.0 Å². The summed E-state index contributed by atoms with van der Waals surface area (Å²) in [6, 6.07) is 4.78. The minimum absolute atomic E-state index is 0.0385. The first-order chi connectivity index (χ1) is 10.1. The molecule has 0 unspecified atom stereocenters. The van der Waals surface area contributed by atoms with Crippen molar-refractivity contribution in [1.82, 2.24) is 9.97 Å². The summed E-state index contributed by atoms with van der Waals surface area (Å²) in [5.41, 5.74) is 1.43. The number of aromatic amines is 1. The predicted molar refractivity (Wildman–Crippen MR) is 78.7 cm³/mol. The number of ether oxygens (including phenoxy) is 1. The van der Waals surface area contributed by atoms with Gasteiger partial charge in [-0.25, -0.2) is 4.98 Å². The molecule has 2 aromatic rings. The highest BCUT2D eigenvalue weighted by Gasteiger charge is 2.11. The zero-order valence-corrected chi connectivity index (χ0v) is 12.0. The van der Waals surface area contributed by atoms with Gasteiger partial charge in [0.05, 0.1) is 6.61 Å². The summed E-state index contributed by atoms with van der Waals surface area (Å²) < 4.78 is 5.32. The number of aliphatic hydroxyl groups excluding tert-OH is 1. The Kier molecular flexibility index (Phi) is 4.59. The number of H-pyrrole nitrogens is 1. The third-order valence-corrected chi connectivity index (χ3v) is 3.12. The van der Waals surface area contributed by atoms with Gasteiger partial charge < -0.3 is 19.9 Å². The zero-order chi connectivity index (χ0) is 15.4. The molecule has 0 aliphatic carbocycles. The van der Waals surface area contributed by atoms with Crippen molar-refractivity contribution in [3.63, 3.8) is 0 Å². The average Bonchev–Trinajstić information content (AvgIpc) is 2.45. The fraction of sp³-hybridized carbons (Fsp3) is 0.333. The molecule has 0 radical (unpaired) electrons. The van der Waals surface area contributed by atoms with E-state index >= 15 is 0 Å². The Hall–Kier alpha value is -2.34. The van der Waals surface area contributed by atoms with Crippen molar-refractivity contribution < 1.29 is 14.9 Å². The predicted octanol–water partition coefficient (Wildman–Crippen LogP) is 1.38. The molecule has 0 spiro atoms. The lowest BCUT2D eigenvalue weighted by Crippen LogP contribution is -2.18. The monoisotopic (exact) mass is 290 g/mol. The number of aromatic hydroxyl groups is 1. The maximum absolute atomic E-state index is 12.0. The maximum Gasteiger partial charge on any atom is 0.254 e. The van der Waals surface area contributed by atoms with E-state index in [1.54, 1.807) is 19.1 Å². The summed E-state index contributed by atoms with van der Waals surface area (Å²) in [6.07, 6.45) is 0.272. The second-order valence-electron chi connectivity index (χ2n) is 4.57. The summed E-state index contributed by atoms with van der Waals surface area (Å²) in [7, 11) is 0. The van der Waals surface area contributed by atoms with E-state index < -0.39 is 0 Å². The molecule has 21 heavy (non-hydrogen) atoms. The van der Waals surface area contributed by atoms with Crippen LogP contribution in [0.2, 0.25) is 0 Å². The standard InChI is InChI=1S/C15H18N2O4/c1-3-21-13-8-10(4-5-12(13)19)14-16-9(2)11(6-7-18)15(20)17-14/h4-5,8,18-19H,3,6-7H2,1-2H3,(H,16,17,20). The molecule has 1 aromatic carbocycles. The molecule has 6 nitrogen and oxygen atoms in total. The third kappa shape index (κ3) is 3.22. The number of aromatic nitrogens is 2. The highest BCUT2D eigenvalue weighted by Crippen LogP contribution is 2.30. The first kappa shape index (κ1) is 15.1. The van der Waals surface area contributed by atoms with Gasteiger partial charge in [-0.2, -0.15) is 0 Å². The van der Waals surface area contributed by atoms with Gasteiger partial charge in [0.2, 0.25) is 0 Å². The van der Waals surface area contributed by atoms with E-state index in [4.69, 9.17) is 9.84 Å². The second-order valence-corrected chi connectivity index (χ2v) is 4.57. The van der Waals surface area contributed by atoms with Crippen molar-refractivity contribution in [3.05, 3.63) is 39.8 Å². The van der Waals surface area contributed by atoms with Crippen LogP contribution in [0, 0.1) is 6.92 Å². The van der Waals surface area contributed by atoms with E-state index in [-0.39, 0.29) is 24.3 Å². The van der Waals surface area contributed by atoms with Crippen LogP contribution >= 0.6 is 0 Å². The Morgan fingerprint density at radius 1 is 1.38 bits per heavy atom. The number of nitrogens with zero attached hydrogens (tertiary/aromatic N) is 1. The molecule has 0 aliphatic rings. The highest BCUT2D eigenvalue weighted by molar-refractivity contribution is 5.61. The molecule has 6 heteroatoms. The van der Waals surface area contributed by atoms with Crippen molar-refractivity contribution in [3.8, 4) is 22.9 Å². The topological polar surface area (TPSA) is 95.4 Å². The van der Waals surface area contributed by atoms with Crippen LogP contribution < -0.4 is 10.3 Å². The number of hydrogen-bond acceptors (Lipinski definition) is 5. The van der Waals surface area contributed by atoms with Gasteiger partial charge in [0.25, 0.3) is 5.56 Å². The summed E-state index contributed by atoms with van der Waals surface area (Å²) in [5.74, 6) is 0.784. The molecule has 0 amide bonds. The lowest BCUT2D eigenvalue weighted by molar-refractivity contribution is 0.298. The van der Waals surface area contributed by atoms with Gasteiger partial charge in [0.15, 0.2) is 11.5 Å². The fourth-order valence-corrected chi connectivity index (χ4v) is 2.09. The van der Waals surface area contributed by atoms with Crippen LogP contribution in [-0.2, 0) is 6.42 Å². The van der Waals surface area contributed by atoms with Crippen molar-refractivity contribution >= 4 is 0 Å². The number of aryl methyl sites for hydroxylation is 1. The van der Waals surface area contributed by atoms with Crippen molar-refractivity contribution in [1.29, 1.82) is 0 Å². The van der Waals surface area contributed by atoms with E-state index in [2.05, 4.69) is 9.97 Å². The Labute approximate surface area is 122 Å². The Morgan fingerprint density at radius 2 is 2.14 bits per heavy atom. The number of rotatable bonds is 5. The molecular weight excluding hydrogens is 272 g/mol. The quantitative estimate of drug-likeness (QED) is 0.773. The van der Waals surface area contributed by atoms with Gasteiger partial charge in [-0.3, -0.25) is 4.79 Å². The number of nitrogens with one attached hydrogen (secondary N) is 1. The molecule has 0 bridgehead atoms. The molecule has 1 aromatic heterocycles. The summed E-state index contributed by atoms with van der Waals surface area (Å²) in [4.78, 5) is 19.1. The summed E-state index contributed by atoms with van der Waals surface area (Å²) in [5, 5.41) is 18.6. The van der Waals surface area contributed by atoms with E-state index in [9.17, 15) is 9.90 Å².